The minimum Gasteiger partial charge on any atom is -0.491 e. The number of alkyl halides is 1. The fourth-order valence-corrected chi connectivity index (χ4v) is 1.70. The van der Waals surface area contributed by atoms with Crippen LogP contribution in [0.2, 0.25) is 0 Å². The molecule has 0 bridgehead atoms. The molecular weight excluding hydrogens is 272 g/mol. The molecule has 0 unspecified atom stereocenters. The highest BCUT2D eigenvalue weighted by molar-refractivity contribution is 6.19. The number of hydrogen-bond donors (Lipinski definition) is 0. The molecule has 0 heterocycles. The maximum Gasteiger partial charge on any atom is 0.119 e. The van der Waals surface area contributed by atoms with E-state index in [1.54, 1.807) is 0 Å². The van der Waals surface area contributed by atoms with Crippen LogP contribution in [0.25, 0.3) is 0 Å². The maximum absolute atomic E-state index is 5.65. The molecule has 0 aromatic heterocycles. The van der Waals surface area contributed by atoms with Crippen LogP contribution in [0.5, 0.6) is 5.75 Å². The third-order valence-corrected chi connectivity index (χ3v) is 2.96. The molecule has 0 saturated heterocycles. The molecule has 20 heavy (non-hydrogen) atoms. The third kappa shape index (κ3) is 6.84. The highest BCUT2D eigenvalue weighted by Gasteiger charge is 1.99. The van der Waals surface area contributed by atoms with Crippen molar-refractivity contribution >= 4 is 11.6 Å². The van der Waals surface area contributed by atoms with Gasteiger partial charge in [-0.1, -0.05) is 25.7 Å². The number of ether oxygens (including phenoxy) is 2. The van der Waals surface area contributed by atoms with Crippen molar-refractivity contribution in [3.8, 4) is 17.6 Å². The van der Waals surface area contributed by atoms with E-state index in [-0.39, 0.29) is 0 Å². The van der Waals surface area contributed by atoms with Crippen LogP contribution in [0.1, 0.15) is 31.4 Å². The average Bonchev–Trinajstić information content (AvgIpc) is 2.41. The second-order valence-electron chi connectivity index (χ2n) is 5.06. The van der Waals surface area contributed by atoms with Crippen LogP contribution >= 0.6 is 11.6 Å². The van der Waals surface area contributed by atoms with E-state index in [1.165, 1.54) is 0 Å². The van der Waals surface area contributed by atoms with Gasteiger partial charge in [0, 0.05) is 12.2 Å². The van der Waals surface area contributed by atoms with Gasteiger partial charge in [-0.05, 0) is 43.0 Å². The van der Waals surface area contributed by atoms with Crippen molar-refractivity contribution in [1.82, 2.24) is 0 Å². The summed E-state index contributed by atoms with van der Waals surface area (Å²) in [5, 5.41) is 0. The Morgan fingerprint density at radius 2 is 2.00 bits per heavy atom. The van der Waals surface area contributed by atoms with Gasteiger partial charge in [-0.3, -0.25) is 0 Å². The number of rotatable bonds is 7. The van der Waals surface area contributed by atoms with Crippen LogP contribution in [0, 0.1) is 24.7 Å². The monoisotopic (exact) mass is 294 g/mol. The van der Waals surface area contributed by atoms with E-state index in [1.807, 2.05) is 25.1 Å². The quantitative estimate of drug-likeness (QED) is 0.429. The molecule has 0 amide bonds. The zero-order valence-electron chi connectivity index (χ0n) is 12.5. The molecular formula is C17H23ClO2. The minimum atomic E-state index is 0.353. The lowest BCUT2D eigenvalue weighted by Crippen LogP contribution is -2.08. The first-order valence-electron chi connectivity index (χ1n) is 6.99. The Morgan fingerprint density at radius 1 is 1.20 bits per heavy atom. The Labute approximate surface area is 127 Å². The van der Waals surface area contributed by atoms with E-state index in [0.717, 1.165) is 29.9 Å². The highest BCUT2D eigenvalue weighted by Crippen LogP contribution is 2.16. The van der Waals surface area contributed by atoms with Crippen LogP contribution in [0.3, 0.4) is 0 Å². The van der Waals surface area contributed by atoms with Gasteiger partial charge in [-0.15, -0.1) is 11.6 Å². The van der Waals surface area contributed by atoms with Crippen molar-refractivity contribution in [3.05, 3.63) is 29.3 Å². The molecule has 110 valence electrons. The SMILES string of the molecule is Cc1cc(OCCOCCC(C)C)ccc1C#CCCl. The molecule has 0 aliphatic heterocycles. The van der Waals surface area contributed by atoms with Gasteiger partial charge < -0.3 is 9.47 Å². The van der Waals surface area contributed by atoms with Gasteiger partial charge in [-0.25, -0.2) is 0 Å². The average molecular weight is 295 g/mol. The second-order valence-corrected chi connectivity index (χ2v) is 5.32. The predicted octanol–water partition coefficient (Wildman–Crippen LogP) is 4.03. The smallest absolute Gasteiger partial charge is 0.119 e. The lowest BCUT2D eigenvalue weighted by molar-refractivity contribution is 0.0925. The van der Waals surface area contributed by atoms with Crippen LogP contribution in [-0.4, -0.2) is 25.7 Å². The molecule has 1 rings (SSSR count). The van der Waals surface area contributed by atoms with E-state index in [9.17, 15) is 0 Å². The van der Waals surface area contributed by atoms with Gasteiger partial charge in [0.1, 0.15) is 12.4 Å². The Hall–Kier alpha value is -1.17. The second kappa shape index (κ2) is 9.69. The lowest BCUT2D eigenvalue weighted by Gasteiger charge is -2.09. The molecule has 0 atom stereocenters. The lowest BCUT2D eigenvalue weighted by atomic mass is 10.1. The number of halogens is 1. The van der Waals surface area contributed by atoms with Gasteiger partial charge in [0.2, 0.25) is 0 Å². The fourth-order valence-electron chi connectivity index (χ4n) is 1.63. The Morgan fingerprint density at radius 3 is 2.65 bits per heavy atom. The largest absolute Gasteiger partial charge is 0.491 e. The molecule has 0 N–H and O–H groups in total. The molecule has 0 fully saturated rings. The summed E-state index contributed by atoms with van der Waals surface area (Å²) in [6.07, 6.45) is 1.09. The summed E-state index contributed by atoms with van der Waals surface area (Å²) in [6.45, 7) is 8.40. The normalized spacial score (nSPS) is 10.2. The van der Waals surface area contributed by atoms with Crippen molar-refractivity contribution in [1.29, 1.82) is 0 Å². The Kier molecular flexibility index (Phi) is 8.18. The fraction of sp³-hybridized carbons (Fsp3) is 0.529. The zero-order chi connectivity index (χ0) is 14.8. The molecule has 0 aliphatic carbocycles. The van der Waals surface area contributed by atoms with Crippen LogP contribution in [0.4, 0.5) is 0 Å². The molecule has 1 aromatic rings. The van der Waals surface area contributed by atoms with Gasteiger partial charge in [0.05, 0.1) is 12.5 Å². The van der Waals surface area contributed by atoms with Crippen LogP contribution in [-0.2, 0) is 4.74 Å². The molecule has 0 spiro atoms. The maximum atomic E-state index is 5.65. The van der Waals surface area contributed by atoms with Crippen molar-refractivity contribution in [2.24, 2.45) is 5.92 Å². The zero-order valence-corrected chi connectivity index (χ0v) is 13.3. The van der Waals surface area contributed by atoms with Crippen molar-refractivity contribution in [3.63, 3.8) is 0 Å². The number of benzene rings is 1. The summed E-state index contributed by atoms with van der Waals surface area (Å²) in [5.74, 6) is 7.76. The molecule has 1 aromatic carbocycles. The summed E-state index contributed by atoms with van der Waals surface area (Å²) in [4.78, 5) is 0. The first kappa shape index (κ1) is 16.9. The summed E-state index contributed by atoms with van der Waals surface area (Å²) in [7, 11) is 0. The molecule has 0 radical (unpaired) electrons. The molecule has 2 nitrogen and oxygen atoms in total. The summed E-state index contributed by atoms with van der Waals surface area (Å²) >= 11 is 5.55. The number of hydrogen-bond acceptors (Lipinski definition) is 2. The van der Waals surface area contributed by atoms with Gasteiger partial charge in [0.15, 0.2) is 0 Å². The van der Waals surface area contributed by atoms with Crippen molar-refractivity contribution in [2.75, 3.05) is 25.7 Å². The highest BCUT2D eigenvalue weighted by atomic mass is 35.5. The standard InChI is InChI=1S/C17H23ClO2/c1-14(2)8-10-19-11-12-20-17-7-6-16(5-4-9-18)15(3)13-17/h6-7,13-14H,8-12H2,1-3H3. The van der Waals surface area contributed by atoms with Crippen LogP contribution in [0.15, 0.2) is 18.2 Å². The first-order valence-corrected chi connectivity index (χ1v) is 7.53. The first-order chi connectivity index (χ1) is 9.63. The minimum absolute atomic E-state index is 0.353. The van der Waals surface area contributed by atoms with Crippen LogP contribution < -0.4 is 4.74 Å². The van der Waals surface area contributed by atoms with Gasteiger partial charge in [0.25, 0.3) is 0 Å². The van der Waals surface area contributed by atoms with Gasteiger partial charge >= 0.3 is 0 Å². The van der Waals surface area contributed by atoms with Gasteiger partial charge in [-0.2, -0.15) is 0 Å². The van der Waals surface area contributed by atoms with E-state index < -0.39 is 0 Å². The third-order valence-electron chi connectivity index (χ3n) is 2.82. The van der Waals surface area contributed by atoms with Crippen molar-refractivity contribution < 1.29 is 9.47 Å². The number of aryl methyl sites for hydroxylation is 1. The molecule has 3 heteroatoms. The predicted molar refractivity (Wildman–Crippen MR) is 84.5 cm³/mol. The van der Waals surface area contributed by atoms with E-state index in [2.05, 4.69) is 25.7 Å². The van der Waals surface area contributed by atoms with Crippen molar-refractivity contribution in [2.45, 2.75) is 27.2 Å². The summed E-state index contributed by atoms with van der Waals surface area (Å²) < 4.78 is 11.2. The topological polar surface area (TPSA) is 18.5 Å². The summed E-state index contributed by atoms with van der Waals surface area (Å²) in [5.41, 5.74) is 2.09. The molecule has 0 aliphatic rings. The van der Waals surface area contributed by atoms with E-state index >= 15 is 0 Å². The Bertz CT molecular complexity index is 458. The molecule has 0 saturated carbocycles. The summed E-state index contributed by atoms with van der Waals surface area (Å²) in [6, 6.07) is 5.88. The van der Waals surface area contributed by atoms with E-state index in [4.69, 9.17) is 21.1 Å². The van der Waals surface area contributed by atoms with E-state index in [0.29, 0.717) is 25.0 Å². The Balaban J connectivity index is 2.33.